The van der Waals surface area contributed by atoms with Crippen molar-refractivity contribution in [3.05, 3.63) is 29.8 Å². The van der Waals surface area contributed by atoms with E-state index >= 15 is 0 Å². The number of hydrogen-bond donors (Lipinski definition) is 2. The quantitative estimate of drug-likeness (QED) is 0.789. The van der Waals surface area contributed by atoms with E-state index in [0.29, 0.717) is 5.56 Å². The second-order valence-electron chi connectivity index (χ2n) is 4.70. The minimum Gasteiger partial charge on any atom is -0.391 e. The Morgan fingerprint density at radius 2 is 2.00 bits per heavy atom. The minimum atomic E-state index is -0.302. The molecule has 0 spiro atoms. The predicted molar refractivity (Wildman–Crippen MR) is 68.3 cm³/mol. The van der Waals surface area contributed by atoms with Crippen molar-refractivity contribution in [2.24, 2.45) is 0 Å². The van der Waals surface area contributed by atoms with E-state index in [0.717, 1.165) is 31.4 Å². The number of rotatable bonds is 3. The molecule has 0 bridgehead atoms. The number of benzene rings is 1. The first-order chi connectivity index (χ1) is 8.18. The molecule has 0 amide bonds. The van der Waals surface area contributed by atoms with Crippen molar-refractivity contribution < 1.29 is 9.90 Å². The van der Waals surface area contributed by atoms with Crippen LogP contribution in [0.25, 0.3) is 0 Å². The summed E-state index contributed by atoms with van der Waals surface area (Å²) in [6.45, 7) is 1.57. The first-order valence-corrected chi connectivity index (χ1v) is 6.23. The highest BCUT2D eigenvalue weighted by Crippen LogP contribution is 2.24. The van der Waals surface area contributed by atoms with E-state index in [2.05, 4.69) is 5.32 Å². The van der Waals surface area contributed by atoms with Crippen molar-refractivity contribution >= 4 is 11.5 Å². The van der Waals surface area contributed by atoms with Gasteiger partial charge in [-0.2, -0.15) is 0 Å². The molecule has 1 aliphatic carbocycles. The molecule has 3 heteroatoms. The summed E-state index contributed by atoms with van der Waals surface area (Å²) in [6.07, 6.45) is 3.74. The molecule has 1 saturated carbocycles. The Bertz CT molecular complexity index is 403. The maximum atomic E-state index is 11.5. The molecule has 1 aromatic carbocycles. The smallest absolute Gasteiger partial charge is 0.161 e. The average molecular weight is 233 g/mol. The van der Waals surface area contributed by atoms with Crippen LogP contribution < -0.4 is 5.32 Å². The molecule has 2 atom stereocenters. The molecule has 0 heterocycles. The van der Waals surface area contributed by atoms with Gasteiger partial charge in [-0.25, -0.2) is 0 Å². The Hall–Kier alpha value is -1.35. The standard InChI is InChI=1S/C14H19NO2/c1-10(16)11-6-2-3-7-12(11)15-13-8-4-5-9-14(13)17/h2-3,6-7,13-15,17H,4-5,8-9H2,1H3/t13-,14-/m0/s1. The molecule has 92 valence electrons. The molecule has 0 saturated heterocycles. The number of anilines is 1. The lowest BCUT2D eigenvalue weighted by atomic mass is 9.92. The highest BCUT2D eigenvalue weighted by Gasteiger charge is 2.23. The number of carbonyl (C=O) groups excluding carboxylic acids is 1. The van der Waals surface area contributed by atoms with Gasteiger partial charge in [0.15, 0.2) is 5.78 Å². The van der Waals surface area contributed by atoms with Crippen molar-refractivity contribution in [2.45, 2.75) is 44.8 Å². The molecular formula is C14H19NO2. The van der Waals surface area contributed by atoms with E-state index in [1.807, 2.05) is 24.3 Å². The van der Waals surface area contributed by atoms with Gasteiger partial charge in [0.05, 0.1) is 12.1 Å². The summed E-state index contributed by atoms with van der Waals surface area (Å²) >= 11 is 0. The van der Waals surface area contributed by atoms with Gasteiger partial charge in [-0.3, -0.25) is 4.79 Å². The van der Waals surface area contributed by atoms with Crippen molar-refractivity contribution in [1.82, 2.24) is 0 Å². The van der Waals surface area contributed by atoms with E-state index in [1.165, 1.54) is 0 Å². The van der Waals surface area contributed by atoms with Crippen LogP contribution in [-0.2, 0) is 0 Å². The summed E-state index contributed by atoms with van der Waals surface area (Å²) < 4.78 is 0. The summed E-state index contributed by atoms with van der Waals surface area (Å²) in [5, 5.41) is 13.2. The van der Waals surface area contributed by atoms with E-state index in [1.54, 1.807) is 6.92 Å². The molecule has 1 fully saturated rings. The number of nitrogens with one attached hydrogen (secondary N) is 1. The number of Topliss-reactive ketones (excluding diaryl/α,β-unsaturated/α-hetero) is 1. The molecule has 0 aliphatic heterocycles. The monoisotopic (exact) mass is 233 g/mol. The maximum Gasteiger partial charge on any atom is 0.161 e. The zero-order valence-electron chi connectivity index (χ0n) is 10.1. The second kappa shape index (κ2) is 5.32. The molecule has 2 N–H and O–H groups in total. The first-order valence-electron chi connectivity index (χ1n) is 6.23. The zero-order chi connectivity index (χ0) is 12.3. The molecule has 0 radical (unpaired) electrons. The summed E-state index contributed by atoms with van der Waals surface area (Å²) in [7, 11) is 0. The zero-order valence-corrected chi connectivity index (χ0v) is 10.1. The summed E-state index contributed by atoms with van der Waals surface area (Å²) in [4.78, 5) is 11.5. The lowest BCUT2D eigenvalue weighted by Gasteiger charge is -2.29. The number of para-hydroxylation sites is 1. The largest absolute Gasteiger partial charge is 0.391 e. The van der Waals surface area contributed by atoms with Gasteiger partial charge < -0.3 is 10.4 Å². The van der Waals surface area contributed by atoms with Crippen LogP contribution in [0.2, 0.25) is 0 Å². The number of ketones is 1. The SMILES string of the molecule is CC(=O)c1ccccc1N[C@H]1CCCC[C@@H]1O. The Morgan fingerprint density at radius 1 is 1.29 bits per heavy atom. The molecular weight excluding hydrogens is 214 g/mol. The van der Waals surface area contributed by atoms with Crippen LogP contribution in [0.1, 0.15) is 43.0 Å². The molecule has 1 aliphatic rings. The maximum absolute atomic E-state index is 11.5. The fourth-order valence-electron chi connectivity index (χ4n) is 2.40. The van der Waals surface area contributed by atoms with E-state index < -0.39 is 0 Å². The van der Waals surface area contributed by atoms with E-state index in [9.17, 15) is 9.90 Å². The van der Waals surface area contributed by atoms with Crippen LogP contribution >= 0.6 is 0 Å². The van der Waals surface area contributed by atoms with E-state index in [-0.39, 0.29) is 17.9 Å². The molecule has 3 nitrogen and oxygen atoms in total. The summed E-state index contributed by atoms with van der Waals surface area (Å²) in [6, 6.07) is 7.56. The third kappa shape index (κ3) is 2.86. The van der Waals surface area contributed by atoms with Crippen LogP contribution in [0.5, 0.6) is 0 Å². The normalized spacial score (nSPS) is 24.4. The van der Waals surface area contributed by atoms with Crippen molar-refractivity contribution in [3.63, 3.8) is 0 Å². The summed E-state index contributed by atoms with van der Waals surface area (Å²) in [5.41, 5.74) is 1.54. The minimum absolute atomic E-state index is 0.0541. The number of aliphatic hydroxyl groups excluding tert-OH is 1. The molecule has 0 aromatic heterocycles. The lowest BCUT2D eigenvalue weighted by Crippen LogP contribution is -2.36. The Kier molecular flexibility index (Phi) is 3.79. The number of hydrogen-bond acceptors (Lipinski definition) is 3. The van der Waals surface area contributed by atoms with Crippen LogP contribution in [-0.4, -0.2) is 23.0 Å². The number of carbonyl (C=O) groups is 1. The Balaban J connectivity index is 2.14. The van der Waals surface area contributed by atoms with Gasteiger partial charge in [0, 0.05) is 11.3 Å². The first kappa shape index (κ1) is 12.1. The van der Waals surface area contributed by atoms with Gasteiger partial charge in [0.1, 0.15) is 0 Å². The Morgan fingerprint density at radius 3 is 2.71 bits per heavy atom. The van der Waals surface area contributed by atoms with Crippen molar-refractivity contribution in [3.8, 4) is 0 Å². The van der Waals surface area contributed by atoms with Crippen LogP contribution in [0, 0.1) is 0 Å². The van der Waals surface area contributed by atoms with Gasteiger partial charge in [0.25, 0.3) is 0 Å². The molecule has 1 aromatic rings. The fraction of sp³-hybridized carbons (Fsp3) is 0.500. The topological polar surface area (TPSA) is 49.3 Å². The van der Waals surface area contributed by atoms with Crippen molar-refractivity contribution in [2.75, 3.05) is 5.32 Å². The molecule has 0 unspecified atom stereocenters. The molecule has 2 rings (SSSR count). The van der Waals surface area contributed by atoms with Gasteiger partial charge in [-0.05, 0) is 31.9 Å². The molecule has 17 heavy (non-hydrogen) atoms. The highest BCUT2D eigenvalue weighted by molar-refractivity contribution is 5.99. The van der Waals surface area contributed by atoms with Crippen LogP contribution in [0.15, 0.2) is 24.3 Å². The van der Waals surface area contributed by atoms with Gasteiger partial charge in [-0.15, -0.1) is 0 Å². The third-order valence-electron chi connectivity index (χ3n) is 3.38. The highest BCUT2D eigenvalue weighted by atomic mass is 16.3. The van der Waals surface area contributed by atoms with Crippen molar-refractivity contribution in [1.29, 1.82) is 0 Å². The lowest BCUT2D eigenvalue weighted by molar-refractivity contribution is 0.101. The van der Waals surface area contributed by atoms with Crippen LogP contribution in [0.3, 0.4) is 0 Å². The van der Waals surface area contributed by atoms with Gasteiger partial charge in [-0.1, -0.05) is 25.0 Å². The predicted octanol–water partition coefficient (Wildman–Crippen LogP) is 2.60. The number of aliphatic hydroxyl groups is 1. The average Bonchev–Trinajstić information content (AvgIpc) is 2.32. The van der Waals surface area contributed by atoms with Gasteiger partial charge >= 0.3 is 0 Å². The fourth-order valence-corrected chi connectivity index (χ4v) is 2.40. The third-order valence-corrected chi connectivity index (χ3v) is 3.38. The second-order valence-corrected chi connectivity index (χ2v) is 4.70. The van der Waals surface area contributed by atoms with Gasteiger partial charge in [0.2, 0.25) is 0 Å². The van der Waals surface area contributed by atoms with Crippen LogP contribution in [0.4, 0.5) is 5.69 Å². The summed E-state index contributed by atoms with van der Waals surface area (Å²) in [5.74, 6) is 0.0541. The van der Waals surface area contributed by atoms with E-state index in [4.69, 9.17) is 0 Å². The Labute approximate surface area is 102 Å².